The van der Waals surface area contributed by atoms with Gasteiger partial charge < -0.3 is 9.47 Å². The number of carbonyl (C=O) groups excluding carboxylic acids is 1. The van der Waals surface area contributed by atoms with Crippen LogP contribution in [0.2, 0.25) is 0 Å². The Labute approximate surface area is 142 Å². The van der Waals surface area contributed by atoms with E-state index in [-0.39, 0.29) is 17.9 Å². The molecular formula is C18H14F2N2O3. The molecule has 3 aromatic rings. The number of halogens is 2. The van der Waals surface area contributed by atoms with E-state index < -0.39 is 12.6 Å². The van der Waals surface area contributed by atoms with Gasteiger partial charge >= 0.3 is 12.6 Å². The SMILES string of the molecule is O=C(OCc1ccn(-c2ccccc2)n1)c1ccccc1OC(F)F. The lowest BCUT2D eigenvalue weighted by atomic mass is 10.2. The van der Waals surface area contributed by atoms with Crippen LogP contribution in [0.3, 0.4) is 0 Å². The fraction of sp³-hybridized carbons (Fsp3) is 0.111. The molecule has 2 aromatic carbocycles. The molecule has 0 unspecified atom stereocenters. The van der Waals surface area contributed by atoms with Crippen molar-refractivity contribution in [1.29, 1.82) is 0 Å². The van der Waals surface area contributed by atoms with Crippen LogP contribution in [0.5, 0.6) is 5.75 Å². The van der Waals surface area contributed by atoms with Crippen LogP contribution in [-0.2, 0) is 11.3 Å². The second-order valence-electron chi connectivity index (χ2n) is 5.04. The van der Waals surface area contributed by atoms with Gasteiger partial charge in [-0.25, -0.2) is 9.48 Å². The first-order valence-corrected chi connectivity index (χ1v) is 7.44. The van der Waals surface area contributed by atoms with Gasteiger partial charge in [0.05, 0.1) is 5.69 Å². The summed E-state index contributed by atoms with van der Waals surface area (Å²) in [4.78, 5) is 12.1. The standard InChI is InChI=1S/C18H14F2N2O3/c19-18(20)25-16-9-5-4-8-15(16)17(23)24-12-13-10-11-22(21-13)14-6-2-1-3-7-14/h1-11,18H,12H2. The summed E-state index contributed by atoms with van der Waals surface area (Å²) in [6, 6.07) is 16.8. The Kier molecular flexibility index (Phi) is 5.03. The number of aromatic nitrogens is 2. The molecule has 3 rings (SSSR count). The van der Waals surface area contributed by atoms with Gasteiger partial charge in [-0.1, -0.05) is 30.3 Å². The first-order chi connectivity index (χ1) is 12.1. The molecule has 0 saturated heterocycles. The highest BCUT2D eigenvalue weighted by atomic mass is 19.3. The van der Waals surface area contributed by atoms with Crippen molar-refractivity contribution in [1.82, 2.24) is 9.78 Å². The number of esters is 1. The third kappa shape index (κ3) is 4.20. The predicted octanol–water partition coefficient (Wildman–Crippen LogP) is 3.83. The van der Waals surface area contributed by atoms with Crippen molar-refractivity contribution in [2.75, 3.05) is 0 Å². The molecule has 1 aromatic heterocycles. The summed E-state index contributed by atoms with van der Waals surface area (Å²) < 4.78 is 35.9. The Morgan fingerprint density at radius 1 is 1.04 bits per heavy atom. The molecule has 1 heterocycles. The van der Waals surface area contributed by atoms with Gasteiger partial charge in [0.15, 0.2) is 0 Å². The molecule has 0 bridgehead atoms. The Balaban J connectivity index is 1.66. The molecule has 0 aliphatic rings. The summed E-state index contributed by atoms with van der Waals surface area (Å²) in [5.74, 6) is -0.983. The van der Waals surface area contributed by atoms with E-state index in [1.165, 1.54) is 18.2 Å². The molecule has 0 atom stereocenters. The number of nitrogens with zero attached hydrogens (tertiary/aromatic N) is 2. The van der Waals surface area contributed by atoms with Crippen molar-refractivity contribution in [3.8, 4) is 11.4 Å². The van der Waals surface area contributed by atoms with Crippen LogP contribution >= 0.6 is 0 Å². The topological polar surface area (TPSA) is 53.4 Å². The number of carbonyl (C=O) groups is 1. The molecule has 0 amide bonds. The lowest BCUT2D eigenvalue weighted by Crippen LogP contribution is -2.10. The van der Waals surface area contributed by atoms with Crippen molar-refractivity contribution in [3.63, 3.8) is 0 Å². The summed E-state index contributed by atoms with van der Waals surface area (Å²) in [6.45, 7) is -3.10. The third-order valence-electron chi connectivity index (χ3n) is 3.34. The molecule has 0 N–H and O–H groups in total. The first kappa shape index (κ1) is 16.6. The van der Waals surface area contributed by atoms with E-state index in [4.69, 9.17) is 4.74 Å². The van der Waals surface area contributed by atoms with E-state index in [0.717, 1.165) is 5.69 Å². The van der Waals surface area contributed by atoms with E-state index in [2.05, 4.69) is 9.84 Å². The average molecular weight is 344 g/mol. The summed E-state index contributed by atoms with van der Waals surface area (Å²) in [5.41, 5.74) is 1.34. The van der Waals surface area contributed by atoms with Gasteiger partial charge in [-0.15, -0.1) is 0 Å². The first-order valence-electron chi connectivity index (χ1n) is 7.44. The summed E-state index contributed by atoms with van der Waals surface area (Å²) in [5, 5.41) is 4.31. The maximum atomic E-state index is 12.4. The zero-order valence-electron chi connectivity index (χ0n) is 13.0. The molecule has 0 fully saturated rings. The van der Waals surface area contributed by atoms with Gasteiger partial charge in [-0.05, 0) is 30.3 Å². The minimum atomic E-state index is -3.02. The maximum absolute atomic E-state index is 12.4. The molecule has 128 valence electrons. The van der Waals surface area contributed by atoms with Crippen molar-refractivity contribution < 1.29 is 23.0 Å². The molecule has 0 aliphatic carbocycles. The minimum absolute atomic E-state index is 0.0645. The Bertz CT molecular complexity index is 850. The summed E-state index contributed by atoms with van der Waals surface area (Å²) in [6.07, 6.45) is 1.74. The fourth-order valence-corrected chi connectivity index (χ4v) is 2.21. The van der Waals surface area contributed by atoms with E-state index in [1.54, 1.807) is 23.0 Å². The molecule has 0 radical (unpaired) electrons. The van der Waals surface area contributed by atoms with Crippen molar-refractivity contribution in [3.05, 3.63) is 78.1 Å². The number of hydrogen-bond donors (Lipinski definition) is 0. The van der Waals surface area contributed by atoms with Gasteiger partial charge in [0.2, 0.25) is 0 Å². The lowest BCUT2D eigenvalue weighted by Gasteiger charge is -2.09. The van der Waals surface area contributed by atoms with Crippen LogP contribution in [0.25, 0.3) is 5.69 Å². The highest BCUT2D eigenvalue weighted by Gasteiger charge is 2.17. The summed E-state index contributed by atoms with van der Waals surface area (Å²) in [7, 11) is 0. The number of alkyl halides is 2. The molecule has 5 nitrogen and oxygen atoms in total. The maximum Gasteiger partial charge on any atom is 0.387 e. The van der Waals surface area contributed by atoms with Gasteiger partial charge in [-0.3, -0.25) is 0 Å². The highest BCUT2D eigenvalue weighted by Crippen LogP contribution is 2.21. The van der Waals surface area contributed by atoms with Crippen molar-refractivity contribution in [2.45, 2.75) is 13.2 Å². The largest absolute Gasteiger partial charge is 0.455 e. The third-order valence-corrected chi connectivity index (χ3v) is 3.34. The normalized spacial score (nSPS) is 10.7. The van der Waals surface area contributed by atoms with Crippen LogP contribution < -0.4 is 4.74 Å². The number of benzene rings is 2. The van der Waals surface area contributed by atoms with E-state index in [1.807, 2.05) is 30.3 Å². The number of para-hydroxylation sites is 2. The van der Waals surface area contributed by atoms with Gasteiger partial charge in [0.25, 0.3) is 0 Å². The van der Waals surface area contributed by atoms with E-state index in [0.29, 0.717) is 5.69 Å². The van der Waals surface area contributed by atoms with Crippen LogP contribution in [0, 0.1) is 0 Å². The second kappa shape index (κ2) is 7.57. The fourth-order valence-electron chi connectivity index (χ4n) is 2.21. The van der Waals surface area contributed by atoms with Crippen LogP contribution in [0.1, 0.15) is 16.1 Å². The number of hydrogen-bond acceptors (Lipinski definition) is 4. The lowest BCUT2D eigenvalue weighted by molar-refractivity contribution is -0.0505. The quantitative estimate of drug-likeness (QED) is 0.638. The molecule has 0 saturated carbocycles. The average Bonchev–Trinajstić information content (AvgIpc) is 3.09. The molecule has 0 spiro atoms. The smallest absolute Gasteiger partial charge is 0.387 e. The number of rotatable bonds is 6. The molecular weight excluding hydrogens is 330 g/mol. The zero-order valence-corrected chi connectivity index (χ0v) is 13.0. The Morgan fingerprint density at radius 2 is 1.76 bits per heavy atom. The van der Waals surface area contributed by atoms with Crippen LogP contribution in [-0.4, -0.2) is 22.4 Å². The van der Waals surface area contributed by atoms with Gasteiger partial charge in [-0.2, -0.15) is 13.9 Å². The number of ether oxygens (including phenoxy) is 2. The molecule has 0 aliphatic heterocycles. The zero-order chi connectivity index (χ0) is 17.6. The predicted molar refractivity (Wildman–Crippen MR) is 85.8 cm³/mol. The highest BCUT2D eigenvalue weighted by molar-refractivity contribution is 5.92. The monoisotopic (exact) mass is 344 g/mol. The van der Waals surface area contributed by atoms with Gasteiger partial charge in [0, 0.05) is 6.20 Å². The van der Waals surface area contributed by atoms with E-state index in [9.17, 15) is 13.6 Å². The molecule has 7 heteroatoms. The Morgan fingerprint density at radius 3 is 2.52 bits per heavy atom. The minimum Gasteiger partial charge on any atom is -0.455 e. The van der Waals surface area contributed by atoms with E-state index >= 15 is 0 Å². The van der Waals surface area contributed by atoms with Crippen molar-refractivity contribution >= 4 is 5.97 Å². The van der Waals surface area contributed by atoms with Crippen LogP contribution in [0.15, 0.2) is 66.9 Å². The Hall–Kier alpha value is -3.22. The van der Waals surface area contributed by atoms with Crippen LogP contribution in [0.4, 0.5) is 8.78 Å². The molecule has 25 heavy (non-hydrogen) atoms. The van der Waals surface area contributed by atoms with Crippen molar-refractivity contribution in [2.24, 2.45) is 0 Å². The summed E-state index contributed by atoms with van der Waals surface area (Å²) >= 11 is 0. The second-order valence-corrected chi connectivity index (χ2v) is 5.04. The van der Waals surface area contributed by atoms with Gasteiger partial charge in [0.1, 0.15) is 23.6 Å².